The van der Waals surface area contributed by atoms with E-state index in [1.807, 2.05) is 6.08 Å². The number of halogens is 2. The number of carbonyl (C=O) groups is 4. The third-order valence-electron chi connectivity index (χ3n) is 18.2. The first-order valence-corrected chi connectivity index (χ1v) is 27.3. The van der Waals surface area contributed by atoms with Gasteiger partial charge < -0.3 is 29.9 Å². The molecule has 0 aromatic heterocycles. The number of ether oxygens (including phenoxy) is 2. The van der Waals surface area contributed by atoms with Crippen molar-refractivity contribution in [3.8, 4) is 11.5 Å². The van der Waals surface area contributed by atoms with Gasteiger partial charge in [-0.1, -0.05) is 107 Å². The molecule has 4 aromatic rings. The van der Waals surface area contributed by atoms with Crippen LogP contribution in [0.4, 0.5) is 0 Å². The van der Waals surface area contributed by atoms with Gasteiger partial charge in [0.2, 0.25) is 0 Å². The van der Waals surface area contributed by atoms with Gasteiger partial charge in [0.25, 0.3) is 0 Å². The molecule has 0 saturated heterocycles. The van der Waals surface area contributed by atoms with Crippen LogP contribution in [-0.2, 0) is 13.2 Å². The number of fused-ring (bicyclic) bond motifs is 5. The summed E-state index contributed by atoms with van der Waals surface area (Å²) in [4.78, 5) is 48.7. The van der Waals surface area contributed by atoms with Crippen molar-refractivity contribution in [1.82, 2.24) is 0 Å². The average Bonchev–Trinajstić information content (AvgIpc) is 3.71. The minimum Gasteiger partial charge on any atom is -0.486 e. The molecule has 0 heterocycles. The largest absolute Gasteiger partial charge is 0.486 e. The van der Waals surface area contributed by atoms with Gasteiger partial charge in [0.1, 0.15) is 24.3 Å². The Morgan fingerprint density at radius 2 is 1.15 bits per heavy atom. The molecule has 9 atom stereocenters. The smallest absolute Gasteiger partial charge is 0.339 e. The molecule has 4 aliphatic rings. The van der Waals surface area contributed by atoms with E-state index in [2.05, 4.69) is 34.6 Å². The van der Waals surface area contributed by atoms with Crippen molar-refractivity contribution >= 4 is 52.7 Å². The summed E-state index contributed by atoms with van der Waals surface area (Å²) in [5.74, 6) is 1.18. The molecule has 12 heteroatoms. The highest BCUT2D eigenvalue weighted by Gasteiger charge is 2.60. The summed E-state index contributed by atoms with van der Waals surface area (Å²) in [6.07, 6.45) is 19.3. The molecule has 4 fully saturated rings. The van der Waals surface area contributed by atoms with Crippen molar-refractivity contribution in [2.45, 2.75) is 138 Å². The summed E-state index contributed by atoms with van der Waals surface area (Å²) in [6, 6.07) is 18.3. The van der Waals surface area contributed by atoms with Gasteiger partial charge in [-0.3, -0.25) is 0 Å². The molecule has 0 radical (unpaired) electrons. The maximum atomic E-state index is 12.9. The van der Waals surface area contributed by atoms with Gasteiger partial charge in [-0.15, -0.1) is 0 Å². The lowest BCUT2D eigenvalue weighted by Crippen LogP contribution is -2.53. The Balaban J connectivity index is 1.03. The highest BCUT2D eigenvalue weighted by atomic mass is 35.5. The van der Waals surface area contributed by atoms with Crippen molar-refractivity contribution < 1.29 is 49.1 Å². The lowest BCUT2D eigenvalue weighted by Gasteiger charge is -2.61. The molecule has 0 bridgehead atoms. The first kappa shape index (κ1) is 54.0. The van der Waals surface area contributed by atoms with Crippen LogP contribution in [0, 0.1) is 58.2 Å². The normalized spacial score (nSPS) is 25.7. The van der Waals surface area contributed by atoms with E-state index in [0.29, 0.717) is 56.9 Å². The second-order valence-corrected chi connectivity index (χ2v) is 23.7. The lowest BCUT2D eigenvalue weighted by atomic mass is 9.44. The third kappa shape index (κ3) is 11.7. The highest BCUT2D eigenvalue weighted by Crippen LogP contribution is 2.69. The number of allylic oxidation sites excluding steroid dienone is 1. The minimum absolute atomic E-state index is 0.0239. The van der Waals surface area contributed by atoms with E-state index in [0.717, 1.165) is 48.3 Å². The zero-order valence-electron chi connectivity index (χ0n) is 42.9. The maximum absolute atomic E-state index is 12.9. The Labute approximate surface area is 440 Å². The fraction of sp³-hybridized carbons (Fsp3) is 0.508. The second kappa shape index (κ2) is 22.7. The van der Waals surface area contributed by atoms with Crippen LogP contribution in [0.25, 0.3) is 5.57 Å². The van der Waals surface area contributed by atoms with E-state index in [9.17, 15) is 39.6 Å². The van der Waals surface area contributed by atoms with E-state index in [4.69, 9.17) is 32.7 Å². The van der Waals surface area contributed by atoms with Crippen LogP contribution in [-0.4, -0.2) is 44.3 Å². The summed E-state index contributed by atoms with van der Waals surface area (Å²) in [5, 5.41) is 39.8. The van der Waals surface area contributed by atoms with Gasteiger partial charge in [-0.2, -0.15) is 0 Å². The van der Waals surface area contributed by atoms with Gasteiger partial charge in [0.15, 0.2) is 11.5 Å². The third-order valence-corrected chi connectivity index (χ3v) is 18.8. The molecule has 4 saturated carbocycles. The second-order valence-electron chi connectivity index (χ2n) is 22.9. The number of hydrogen-bond donors (Lipinski definition) is 4. The van der Waals surface area contributed by atoms with Crippen molar-refractivity contribution in [3.63, 3.8) is 0 Å². The molecule has 10 nitrogen and oxygen atoms in total. The van der Waals surface area contributed by atoms with Gasteiger partial charge in [0, 0.05) is 0 Å². The predicted molar refractivity (Wildman–Crippen MR) is 285 cm³/mol. The van der Waals surface area contributed by atoms with Crippen molar-refractivity contribution in [3.05, 3.63) is 133 Å². The number of benzene rings is 4. The first-order chi connectivity index (χ1) is 34.8. The van der Waals surface area contributed by atoms with Crippen LogP contribution in [0.5, 0.6) is 11.5 Å². The van der Waals surface area contributed by atoms with Crippen LogP contribution < -0.4 is 9.47 Å². The van der Waals surface area contributed by atoms with Gasteiger partial charge in [-0.05, 0) is 205 Å². The molecular weight excluding hydrogens is 964 g/mol. The maximum Gasteiger partial charge on any atom is 0.339 e. The van der Waals surface area contributed by atoms with Crippen LogP contribution in [0.3, 0.4) is 0 Å². The van der Waals surface area contributed by atoms with Crippen LogP contribution >= 0.6 is 23.2 Å². The van der Waals surface area contributed by atoms with Crippen molar-refractivity contribution in [1.29, 1.82) is 0 Å². The Kier molecular flexibility index (Phi) is 16.7. The van der Waals surface area contributed by atoms with E-state index in [1.54, 1.807) is 36.4 Å². The monoisotopic (exact) mass is 1030 g/mol. The standard InChI is InChI=1S/C61H72Cl2O10/c1-35(2)8-6-9-36(3)49-22-23-50-46-21-20-44-28-37(24-26-60(44,4)51(46)25-27-61(49,50)5)10-7-11-45(42-29-47(58(68)69)54(52(62)31-42)72-33-38-12-16-40(17-13-38)56(64)65)43-30-48(59(70)71)55(53(63)32-43)73-34-39-14-18-41(19-15-39)57(66)67/h11-19,29-32,35-37,44,46,49-51H,6-10,20-28,33-34H2,1-5H3,(H,64,65)(H,66,67)(H,68,69)(H,70,71)/t36-,37?,44?,46+,49-,50+,51+,60+,61-/m1/s1. The molecule has 0 amide bonds. The van der Waals surface area contributed by atoms with Crippen LogP contribution in [0.2, 0.25) is 10.0 Å². The fourth-order valence-corrected chi connectivity index (χ4v) is 15.0. The van der Waals surface area contributed by atoms with E-state index >= 15 is 0 Å². The predicted octanol–water partition coefficient (Wildman–Crippen LogP) is 15.9. The quantitative estimate of drug-likeness (QED) is 0.0669. The SMILES string of the molecule is CC(C)CCC[C@@H](C)[C@H]1CC[C@H]2[C@@H]3CCC4CC(CCC=C(c5cc(Cl)c(OCc6ccc(C(=O)O)cc6)c(C(=O)O)c5)c5cc(Cl)c(OCc6ccc(C(=O)O)cc6)c(C(=O)O)c5)CC[C@]4(C)[C@H]3CC[C@]12C. The molecule has 390 valence electrons. The van der Waals surface area contributed by atoms with Crippen molar-refractivity contribution in [2.24, 2.45) is 58.2 Å². The highest BCUT2D eigenvalue weighted by molar-refractivity contribution is 6.33. The van der Waals surface area contributed by atoms with Crippen molar-refractivity contribution in [2.75, 3.05) is 0 Å². The Morgan fingerprint density at radius 3 is 1.66 bits per heavy atom. The molecule has 73 heavy (non-hydrogen) atoms. The molecule has 2 unspecified atom stereocenters. The van der Waals surface area contributed by atoms with Crippen LogP contribution in [0.15, 0.2) is 78.9 Å². The molecule has 4 aliphatic carbocycles. The molecule has 8 rings (SSSR count). The summed E-state index contributed by atoms with van der Waals surface area (Å²) >= 11 is 13.8. The van der Waals surface area contributed by atoms with E-state index in [1.165, 1.54) is 107 Å². The van der Waals surface area contributed by atoms with Crippen LogP contribution in [0.1, 0.15) is 188 Å². The molecule has 4 N–H and O–H groups in total. The summed E-state index contributed by atoms with van der Waals surface area (Å²) in [7, 11) is 0. The number of carboxylic acid groups (broad SMARTS) is 4. The van der Waals surface area contributed by atoms with E-state index in [-0.39, 0.29) is 57.0 Å². The fourth-order valence-electron chi connectivity index (χ4n) is 14.4. The van der Waals surface area contributed by atoms with E-state index < -0.39 is 23.9 Å². The topological polar surface area (TPSA) is 168 Å². The first-order valence-electron chi connectivity index (χ1n) is 26.5. The number of rotatable bonds is 20. The van der Waals surface area contributed by atoms with Gasteiger partial charge in [0.05, 0.1) is 21.2 Å². The number of aromatic carboxylic acids is 4. The summed E-state index contributed by atoms with van der Waals surface area (Å²) in [6.45, 7) is 12.4. The number of carboxylic acids is 4. The summed E-state index contributed by atoms with van der Waals surface area (Å²) < 4.78 is 12.0. The Bertz CT molecular complexity index is 2580. The Hall–Kier alpha value is -5.32. The zero-order valence-corrected chi connectivity index (χ0v) is 44.4. The van der Waals surface area contributed by atoms with Gasteiger partial charge >= 0.3 is 23.9 Å². The zero-order chi connectivity index (χ0) is 52.4. The van der Waals surface area contributed by atoms with Gasteiger partial charge in [-0.25, -0.2) is 19.2 Å². The Morgan fingerprint density at radius 1 is 0.630 bits per heavy atom. The number of hydrogen-bond acceptors (Lipinski definition) is 6. The molecule has 4 aromatic carbocycles. The lowest BCUT2D eigenvalue weighted by molar-refractivity contribution is -0.121. The molecule has 0 spiro atoms. The summed E-state index contributed by atoms with van der Waals surface area (Å²) in [5.41, 5.74) is 3.22. The molecule has 0 aliphatic heterocycles. The average molecular weight is 1040 g/mol. The molecular formula is C61H72Cl2O10. The minimum atomic E-state index is -1.29.